The molecule has 0 bridgehead atoms. The van der Waals surface area contributed by atoms with Gasteiger partial charge in [0.1, 0.15) is 0 Å². The molecule has 0 saturated heterocycles. The van der Waals surface area contributed by atoms with Crippen molar-refractivity contribution in [3.63, 3.8) is 0 Å². The first-order valence-corrected chi connectivity index (χ1v) is 4.13. The highest BCUT2D eigenvalue weighted by Gasteiger charge is 1.96. The van der Waals surface area contributed by atoms with Gasteiger partial charge in [-0.05, 0) is 18.6 Å². The maximum Gasteiger partial charge on any atom is 0.160 e. The smallest absolute Gasteiger partial charge is 0.160 e. The van der Waals surface area contributed by atoms with Gasteiger partial charge < -0.3 is 4.98 Å². The molecular formula is C9H13N3. The first kappa shape index (κ1) is 8.71. The molecule has 2 aromatic heterocycles. The largest absolute Gasteiger partial charge is 0.344 e. The lowest BCUT2D eigenvalue weighted by atomic mass is 10.3. The van der Waals surface area contributed by atoms with Crippen LogP contribution in [-0.2, 0) is 0 Å². The second kappa shape index (κ2) is 3.85. The third kappa shape index (κ3) is 1.44. The fourth-order valence-electron chi connectivity index (χ4n) is 1.01. The third-order valence-corrected chi connectivity index (χ3v) is 1.57. The molecule has 2 aromatic rings. The van der Waals surface area contributed by atoms with Crippen LogP contribution in [0.25, 0.3) is 11.0 Å². The zero-order chi connectivity index (χ0) is 8.97. The van der Waals surface area contributed by atoms with E-state index in [4.69, 9.17) is 0 Å². The van der Waals surface area contributed by atoms with E-state index < -0.39 is 0 Å². The second-order valence-electron chi connectivity index (χ2n) is 2.27. The minimum atomic E-state index is 0.861. The Balaban J connectivity index is 0.000000336. The van der Waals surface area contributed by atoms with Crippen LogP contribution in [0.1, 0.15) is 19.4 Å². The maximum atomic E-state index is 3.90. The minimum Gasteiger partial charge on any atom is -0.344 e. The Kier molecular flexibility index (Phi) is 2.80. The molecule has 0 atom stereocenters. The SMILES string of the molecule is CC.Cc1c[nH]c2nnccc12. The zero-order valence-corrected chi connectivity index (χ0v) is 7.63. The number of aryl methyl sites for hydroxylation is 1. The topological polar surface area (TPSA) is 41.6 Å². The predicted molar refractivity (Wildman–Crippen MR) is 50.0 cm³/mol. The molecule has 0 amide bonds. The van der Waals surface area contributed by atoms with E-state index in [1.807, 2.05) is 33.0 Å². The molecule has 0 aromatic carbocycles. The van der Waals surface area contributed by atoms with Gasteiger partial charge >= 0.3 is 0 Å². The van der Waals surface area contributed by atoms with Crippen LogP contribution in [0.2, 0.25) is 0 Å². The predicted octanol–water partition coefficient (Wildman–Crippen LogP) is 2.29. The molecule has 0 aliphatic carbocycles. The Morgan fingerprint density at radius 3 is 2.75 bits per heavy atom. The van der Waals surface area contributed by atoms with Crippen LogP contribution in [-0.4, -0.2) is 15.2 Å². The van der Waals surface area contributed by atoms with E-state index in [-0.39, 0.29) is 0 Å². The van der Waals surface area contributed by atoms with Crippen LogP contribution in [0.4, 0.5) is 0 Å². The van der Waals surface area contributed by atoms with Gasteiger partial charge in [0.2, 0.25) is 0 Å². The van der Waals surface area contributed by atoms with Crippen LogP contribution >= 0.6 is 0 Å². The minimum absolute atomic E-state index is 0.861. The van der Waals surface area contributed by atoms with Gasteiger partial charge in [-0.15, -0.1) is 5.10 Å². The van der Waals surface area contributed by atoms with Crippen LogP contribution in [0.5, 0.6) is 0 Å². The van der Waals surface area contributed by atoms with E-state index in [2.05, 4.69) is 15.2 Å². The summed E-state index contributed by atoms with van der Waals surface area (Å²) in [6.45, 7) is 6.04. The normalized spacial score (nSPS) is 9.25. The van der Waals surface area contributed by atoms with Crippen molar-refractivity contribution < 1.29 is 0 Å². The maximum absolute atomic E-state index is 3.90. The van der Waals surface area contributed by atoms with Gasteiger partial charge in [0.15, 0.2) is 5.65 Å². The van der Waals surface area contributed by atoms with Gasteiger partial charge in [0.25, 0.3) is 0 Å². The number of fused-ring (bicyclic) bond motifs is 1. The average Bonchev–Trinajstić information content (AvgIpc) is 2.53. The first-order valence-electron chi connectivity index (χ1n) is 4.13. The number of aromatic amines is 1. The summed E-state index contributed by atoms with van der Waals surface area (Å²) in [5.74, 6) is 0. The number of aromatic nitrogens is 3. The summed E-state index contributed by atoms with van der Waals surface area (Å²) in [5.41, 5.74) is 2.07. The molecular weight excluding hydrogens is 150 g/mol. The molecule has 12 heavy (non-hydrogen) atoms. The lowest BCUT2D eigenvalue weighted by molar-refractivity contribution is 1.06. The Bertz CT molecular complexity index is 351. The number of nitrogens with one attached hydrogen (secondary N) is 1. The summed E-state index contributed by atoms with van der Waals surface area (Å²) in [5, 5.41) is 8.79. The number of hydrogen-bond acceptors (Lipinski definition) is 2. The molecule has 3 nitrogen and oxygen atoms in total. The summed E-state index contributed by atoms with van der Waals surface area (Å²) in [6, 6.07) is 1.95. The molecule has 0 aliphatic heterocycles. The molecule has 3 heteroatoms. The van der Waals surface area contributed by atoms with E-state index in [1.54, 1.807) is 6.20 Å². The number of H-pyrrole nitrogens is 1. The molecule has 0 saturated carbocycles. The van der Waals surface area contributed by atoms with Crippen LogP contribution < -0.4 is 0 Å². The Hall–Kier alpha value is -1.38. The standard InChI is InChI=1S/C7H7N3.C2H6/c1-5-4-8-7-6(5)2-3-9-10-7;1-2/h2-4H,1H3,(H,8,10);1-2H3. The lowest BCUT2D eigenvalue weighted by Gasteiger charge is -1.84. The Labute approximate surface area is 71.8 Å². The van der Waals surface area contributed by atoms with Gasteiger partial charge in [-0.2, -0.15) is 5.10 Å². The number of hydrogen-bond donors (Lipinski definition) is 1. The van der Waals surface area contributed by atoms with Crippen molar-refractivity contribution in [2.45, 2.75) is 20.8 Å². The van der Waals surface area contributed by atoms with Gasteiger partial charge in [0, 0.05) is 11.6 Å². The summed E-state index contributed by atoms with van der Waals surface area (Å²) in [7, 11) is 0. The molecule has 0 aliphatic rings. The Morgan fingerprint density at radius 1 is 1.33 bits per heavy atom. The average molecular weight is 163 g/mol. The summed E-state index contributed by atoms with van der Waals surface area (Å²) < 4.78 is 0. The van der Waals surface area contributed by atoms with Crippen molar-refractivity contribution >= 4 is 11.0 Å². The van der Waals surface area contributed by atoms with E-state index in [1.165, 1.54) is 5.56 Å². The number of nitrogens with zero attached hydrogens (tertiary/aromatic N) is 2. The lowest BCUT2D eigenvalue weighted by Crippen LogP contribution is -1.78. The van der Waals surface area contributed by atoms with Crippen molar-refractivity contribution in [2.75, 3.05) is 0 Å². The molecule has 2 rings (SSSR count). The van der Waals surface area contributed by atoms with Gasteiger partial charge in [0.05, 0.1) is 6.20 Å². The van der Waals surface area contributed by atoms with Crippen LogP contribution in [0.3, 0.4) is 0 Å². The highest BCUT2D eigenvalue weighted by Crippen LogP contribution is 2.11. The molecule has 0 fully saturated rings. The van der Waals surface area contributed by atoms with Gasteiger partial charge in [-0.3, -0.25) is 0 Å². The highest BCUT2D eigenvalue weighted by atomic mass is 15.1. The van der Waals surface area contributed by atoms with Gasteiger partial charge in [-0.25, -0.2) is 0 Å². The second-order valence-corrected chi connectivity index (χ2v) is 2.27. The molecule has 2 heterocycles. The van der Waals surface area contributed by atoms with Crippen molar-refractivity contribution in [1.29, 1.82) is 0 Å². The highest BCUT2D eigenvalue weighted by molar-refractivity contribution is 5.78. The molecule has 1 N–H and O–H groups in total. The fraction of sp³-hybridized carbons (Fsp3) is 0.333. The molecule has 0 unspecified atom stereocenters. The molecule has 0 spiro atoms. The van der Waals surface area contributed by atoms with Crippen molar-refractivity contribution in [1.82, 2.24) is 15.2 Å². The van der Waals surface area contributed by atoms with Crippen LogP contribution in [0.15, 0.2) is 18.5 Å². The zero-order valence-electron chi connectivity index (χ0n) is 7.63. The summed E-state index contributed by atoms with van der Waals surface area (Å²) in [6.07, 6.45) is 3.63. The molecule has 0 radical (unpaired) electrons. The van der Waals surface area contributed by atoms with E-state index >= 15 is 0 Å². The van der Waals surface area contributed by atoms with Gasteiger partial charge in [-0.1, -0.05) is 13.8 Å². The summed E-state index contributed by atoms with van der Waals surface area (Å²) >= 11 is 0. The van der Waals surface area contributed by atoms with E-state index in [0.717, 1.165) is 11.0 Å². The molecule has 64 valence electrons. The quantitative estimate of drug-likeness (QED) is 0.647. The van der Waals surface area contributed by atoms with Crippen LogP contribution in [0, 0.1) is 6.92 Å². The van der Waals surface area contributed by atoms with E-state index in [9.17, 15) is 0 Å². The third-order valence-electron chi connectivity index (χ3n) is 1.57. The monoisotopic (exact) mass is 163 g/mol. The Morgan fingerprint density at radius 2 is 2.08 bits per heavy atom. The summed E-state index contributed by atoms with van der Waals surface area (Å²) in [4.78, 5) is 3.01. The van der Waals surface area contributed by atoms with Crippen molar-refractivity contribution in [3.8, 4) is 0 Å². The van der Waals surface area contributed by atoms with Crippen molar-refractivity contribution in [2.24, 2.45) is 0 Å². The fourth-order valence-corrected chi connectivity index (χ4v) is 1.01. The van der Waals surface area contributed by atoms with E-state index in [0.29, 0.717) is 0 Å². The van der Waals surface area contributed by atoms with Crippen molar-refractivity contribution in [3.05, 3.63) is 24.0 Å². The first-order chi connectivity index (χ1) is 5.88. The number of rotatable bonds is 0.